The highest BCUT2D eigenvalue weighted by atomic mass is 32.2. The highest BCUT2D eigenvalue weighted by Crippen LogP contribution is 2.44. The topological polar surface area (TPSA) is 32.3 Å². The van der Waals surface area contributed by atoms with Crippen molar-refractivity contribution in [2.75, 3.05) is 23.3 Å². The summed E-state index contributed by atoms with van der Waals surface area (Å²) >= 11 is 1.72. The Balaban J connectivity index is 1.91. The van der Waals surface area contributed by atoms with Crippen molar-refractivity contribution in [3.63, 3.8) is 0 Å². The Morgan fingerprint density at radius 2 is 2.05 bits per heavy atom. The number of nitrogens with one attached hydrogen (secondary N) is 1. The van der Waals surface area contributed by atoms with Gasteiger partial charge in [0.1, 0.15) is 0 Å². The van der Waals surface area contributed by atoms with Gasteiger partial charge >= 0.3 is 0 Å². The molecule has 0 spiro atoms. The summed E-state index contributed by atoms with van der Waals surface area (Å²) in [5, 5.41) is 3.42. The van der Waals surface area contributed by atoms with Crippen LogP contribution in [0.15, 0.2) is 45.8 Å². The summed E-state index contributed by atoms with van der Waals surface area (Å²) in [6.45, 7) is 6.34. The van der Waals surface area contributed by atoms with Gasteiger partial charge in [-0.05, 0) is 44.2 Å². The van der Waals surface area contributed by atoms with Gasteiger partial charge in [-0.15, -0.1) is 0 Å². The quantitative estimate of drug-likeness (QED) is 0.916. The Hall–Kier alpha value is -1.68. The second kappa shape index (κ2) is 5.37. The van der Waals surface area contributed by atoms with E-state index in [4.69, 9.17) is 0 Å². The van der Waals surface area contributed by atoms with Crippen LogP contribution in [0.2, 0.25) is 0 Å². The van der Waals surface area contributed by atoms with E-state index in [9.17, 15) is 4.79 Å². The lowest BCUT2D eigenvalue weighted by atomic mass is 10.1. The summed E-state index contributed by atoms with van der Waals surface area (Å²) in [6.07, 6.45) is 4.05. The highest BCUT2D eigenvalue weighted by molar-refractivity contribution is 8.03. The molecule has 4 heteroatoms. The molecule has 0 bridgehead atoms. The molecule has 0 atom stereocenters. The van der Waals surface area contributed by atoms with Crippen molar-refractivity contribution in [1.82, 2.24) is 0 Å². The van der Waals surface area contributed by atoms with Crippen molar-refractivity contribution in [2.45, 2.75) is 25.2 Å². The highest BCUT2D eigenvalue weighted by Gasteiger charge is 2.22. The first-order valence-corrected chi connectivity index (χ1v) is 7.80. The van der Waals surface area contributed by atoms with Crippen LogP contribution in [0.5, 0.6) is 0 Å². The van der Waals surface area contributed by atoms with Crippen molar-refractivity contribution in [1.29, 1.82) is 0 Å². The predicted octanol–water partition coefficient (Wildman–Crippen LogP) is 3.79. The minimum atomic E-state index is 0.182. The fraction of sp³-hybridized carbons (Fsp3) is 0.312. The molecule has 1 aromatic carbocycles. The van der Waals surface area contributed by atoms with Crippen molar-refractivity contribution in [3.05, 3.63) is 41.0 Å². The third-order valence-corrected chi connectivity index (χ3v) is 4.84. The Labute approximate surface area is 123 Å². The Kier molecular flexibility index (Phi) is 3.57. The Morgan fingerprint density at radius 3 is 2.80 bits per heavy atom. The molecule has 0 aromatic heterocycles. The number of carbonyl (C=O) groups is 1. The van der Waals surface area contributed by atoms with E-state index in [2.05, 4.69) is 42.3 Å². The number of anilines is 2. The number of benzene rings is 1. The Bertz CT molecular complexity index is 615. The molecule has 1 aromatic rings. The molecule has 0 amide bonds. The number of rotatable bonds is 3. The molecule has 0 saturated carbocycles. The fourth-order valence-corrected chi connectivity index (χ4v) is 3.66. The van der Waals surface area contributed by atoms with Crippen LogP contribution in [0.4, 0.5) is 11.4 Å². The van der Waals surface area contributed by atoms with Crippen LogP contribution in [0.3, 0.4) is 0 Å². The zero-order chi connectivity index (χ0) is 14.1. The molecule has 0 radical (unpaired) electrons. The number of fused-ring (bicyclic) bond motifs is 1. The van der Waals surface area contributed by atoms with Gasteiger partial charge in [-0.2, -0.15) is 0 Å². The maximum atomic E-state index is 11.5. The summed E-state index contributed by atoms with van der Waals surface area (Å²) in [6, 6.07) is 6.50. The number of nitrogens with zero attached hydrogens (tertiary/aromatic N) is 1. The van der Waals surface area contributed by atoms with E-state index in [1.165, 1.54) is 10.6 Å². The van der Waals surface area contributed by atoms with Crippen LogP contribution >= 0.6 is 11.8 Å². The van der Waals surface area contributed by atoms with Crippen LogP contribution in [-0.4, -0.2) is 18.9 Å². The number of carbonyl (C=O) groups excluding carboxylic acids is 1. The molecule has 2 aliphatic rings. The van der Waals surface area contributed by atoms with Crippen molar-refractivity contribution < 1.29 is 4.79 Å². The minimum Gasteiger partial charge on any atom is -0.372 e. The number of thioether (sulfide) groups is 1. The van der Waals surface area contributed by atoms with Crippen LogP contribution in [-0.2, 0) is 4.79 Å². The molecule has 1 N–H and O–H groups in total. The normalized spacial score (nSPS) is 16.6. The lowest BCUT2D eigenvalue weighted by Gasteiger charge is -2.27. The van der Waals surface area contributed by atoms with E-state index in [-0.39, 0.29) is 5.78 Å². The molecule has 0 unspecified atom stereocenters. The van der Waals surface area contributed by atoms with Crippen LogP contribution < -0.4 is 10.2 Å². The van der Waals surface area contributed by atoms with E-state index < -0.39 is 0 Å². The number of hydrogen-bond donors (Lipinski definition) is 1. The van der Waals surface area contributed by atoms with Gasteiger partial charge < -0.3 is 10.2 Å². The smallest absolute Gasteiger partial charge is 0.160 e. The van der Waals surface area contributed by atoms with Gasteiger partial charge in [-0.1, -0.05) is 11.8 Å². The van der Waals surface area contributed by atoms with Gasteiger partial charge in [-0.3, -0.25) is 4.79 Å². The van der Waals surface area contributed by atoms with Gasteiger partial charge in [0.2, 0.25) is 0 Å². The lowest BCUT2D eigenvalue weighted by Crippen LogP contribution is -2.22. The number of hydrogen-bond acceptors (Lipinski definition) is 4. The average Bonchev–Trinajstić information content (AvgIpc) is 2.46. The van der Waals surface area contributed by atoms with Crippen molar-refractivity contribution >= 4 is 28.9 Å². The molecule has 1 aliphatic heterocycles. The van der Waals surface area contributed by atoms with E-state index in [0.717, 1.165) is 29.4 Å². The van der Waals surface area contributed by atoms with E-state index >= 15 is 0 Å². The Morgan fingerprint density at radius 1 is 1.25 bits per heavy atom. The first-order chi connectivity index (χ1) is 9.71. The standard InChI is InChI=1S/C16H18N2OS/c1-3-18(4-2)11-5-7-13-15(9-11)20-16-10-12(19)6-8-14(16)17-13/h5-9,17H,3-4,10H2,1-2H3. The third-order valence-electron chi connectivity index (χ3n) is 3.67. The number of allylic oxidation sites excluding steroid dienone is 3. The average molecular weight is 286 g/mol. The predicted molar refractivity (Wildman–Crippen MR) is 85.3 cm³/mol. The maximum absolute atomic E-state index is 11.5. The molecular weight excluding hydrogens is 268 g/mol. The monoisotopic (exact) mass is 286 g/mol. The summed E-state index contributed by atoms with van der Waals surface area (Å²) in [4.78, 5) is 16.2. The molecule has 0 fully saturated rings. The van der Waals surface area contributed by atoms with Gasteiger partial charge in [-0.25, -0.2) is 0 Å². The fourth-order valence-electron chi connectivity index (χ4n) is 2.55. The van der Waals surface area contributed by atoms with Gasteiger partial charge in [0.25, 0.3) is 0 Å². The molecule has 3 nitrogen and oxygen atoms in total. The molecule has 1 heterocycles. The summed E-state index contributed by atoms with van der Waals surface area (Å²) in [5.74, 6) is 0.182. The van der Waals surface area contributed by atoms with Gasteiger partial charge in [0.15, 0.2) is 5.78 Å². The molecule has 104 valence electrons. The minimum absolute atomic E-state index is 0.182. The van der Waals surface area contributed by atoms with Crippen LogP contribution in [0, 0.1) is 0 Å². The summed E-state index contributed by atoms with van der Waals surface area (Å²) < 4.78 is 0. The van der Waals surface area contributed by atoms with E-state index in [1.54, 1.807) is 17.8 Å². The van der Waals surface area contributed by atoms with Crippen LogP contribution in [0.1, 0.15) is 20.3 Å². The maximum Gasteiger partial charge on any atom is 0.160 e. The first kappa shape index (κ1) is 13.3. The second-order valence-corrected chi connectivity index (χ2v) is 6.03. The van der Waals surface area contributed by atoms with Gasteiger partial charge in [0, 0.05) is 40.7 Å². The van der Waals surface area contributed by atoms with Crippen molar-refractivity contribution in [3.8, 4) is 0 Å². The molecule has 1 aliphatic carbocycles. The summed E-state index contributed by atoms with van der Waals surface area (Å²) in [5.41, 5.74) is 3.44. The molecule has 3 rings (SSSR count). The molecule has 0 saturated heterocycles. The van der Waals surface area contributed by atoms with E-state index in [1.807, 2.05) is 6.08 Å². The summed E-state index contributed by atoms with van der Waals surface area (Å²) in [7, 11) is 0. The SMILES string of the molecule is CCN(CC)c1ccc2c(c1)SC1=C(C=CC(=O)C1)N2. The second-order valence-electron chi connectivity index (χ2n) is 4.89. The number of ketones is 1. The zero-order valence-electron chi connectivity index (χ0n) is 11.8. The van der Waals surface area contributed by atoms with Crippen LogP contribution in [0.25, 0.3) is 0 Å². The van der Waals surface area contributed by atoms with Crippen molar-refractivity contribution in [2.24, 2.45) is 0 Å². The first-order valence-electron chi connectivity index (χ1n) is 6.99. The third kappa shape index (κ3) is 2.36. The van der Waals surface area contributed by atoms with E-state index in [0.29, 0.717) is 6.42 Å². The molecular formula is C16H18N2OS. The largest absolute Gasteiger partial charge is 0.372 e. The lowest BCUT2D eigenvalue weighted by molar-refractivity contribution is -0.114. The van der Waals surface area contributed by atoms with Gasteiger partial charge in [0.05, 0.1) is 5.69 Å². The molecule has 20 heavy (non-hydrogen) atoms. The zero-order valence-corrected chi connectivity index (χ0v) is 12.6.